The molecule has 0 atom stereocenters. The Morgan fingerprint density at radius 1 is 1.19 bits per heavy atom. The summed E-state index contributed by atoms with van der Waals surface area (Å²) in [6.45, 7) is 0.119. The van der Waals surface area contributed by atoms with Gasteiger partial charge in [0, 0.05) is 23.7 Å². The lowest BCUT2D eigenvalue weighted by atomic mass is 10.1. The molecule has 0 aromatic heterocycles. The average Bonchev–Trinajstić information content (AvgIpc) is 3.45. The molecule has 7 nitrogen and oxygen atoms in total. The molecular formula is C18H17F2N3O4. The number of rotatable bonds is 8. The largest absolute Gasteiger partial charge is 0.492 e. The summed E-state index contributed by atoms with van der Waals surface area (Å²) in [6, 6.07) is 7.61. The molecule has 0 spiro atoms. The first-order valence-corrected chi connectivity index (χ1v) is 8.35. The zero-order valence-electron chi connectivity index (χ0n) is 14.2. The summed E-state index contributed by atoms with van der Waals surface area (Å²) in [7, 11) is 0. The Kier molecular flexibility index (Phi) is 5.49. The molecule has 0 saturated heterocycles. The van der Waals surface area contributed by atoms with Crippen LogP contribution < -0.4 is 15.4 Å². The molecular weight excluding hydrogens is 360 g/mol. The summed E-state index contributed by atoms with van der Waals surface area (Å²) in [5, 5.41) is 16.8. The lowest BCUT2D eigenvalue weighted by Gasteiger charge is -2.10. The van der Waals surface area contributed by atoms with Crippen molar-refractivity contribution in [3.8, 4) is 5.75 Å². The molecule has 2 N–H and O–H groups in total. The summed E-state index contributed by atoms with van der Waals surface area (Å²) in [5.74, 6) is -2.36. The van der Waals surface area contributed by atoms with Gasteiger partial charge in [0.05, 0.1) is 11.5 Å². The number of anilines is 1. The van der Waals surface area contributed by atoms with Crippen molar-refractivity contribution in [2.45, 2.75) is 18.9 Å². The van der Waals surface area contributed by atoms with E-state index in [0.717, 1.165) is 25.0 Å². The van der Waals surface area contributed by atoms with E-state index in [4.69, 9.17) is 4.74 Å². The number of hydrogen-bond donors (Lipinski definition) is 2. The summed E-state index contributed by atoms with van der Waals surface area (Å²) in [5.41, 5.74) is 0.379. The Hall–Kier alpha value is -3.23. The molecule has 9 heteroatoms. The van der Waals surface area contributed by atoms with E-state index in [-0.39, 0.29) is 36.2 Å². The molecule has 0 bridgehead atoms. The molecule has 0 radical (unpaired) electrons. The lowest BCUT2D eigenvalue weighted by molar-refractivity contribution is -0.384. The van der Waals surface area contributed by atoms with Crippen LogP contribution in [0.5, 0.6) is 5.75 Å². The Morgan fingerprint density at radius 2 is 1.96 bits per heavy atom. The Balaban J connectivity index is 1.54. The standard InChI is InChI=1S/C18H17F2N3O4/c19-14-5-4-13(10-15(14)20)27-8-7-21-18(24)11-1-6-16(22-12-2-3-12)17(9-11)23(25)26/h1,4-6,9-10,12,22H,2-3,7-8H2,(H,21,24). The van der Waals surface area contributed by atoms with Crippen molar-refractivity contribution in [2.75, 3.05) is 18.5 Å². The predicted octanol–water partition coefficient (Wildman–Crippen LogP) is 3.26. The lowest BCUT2D eigenvalue weighted by Crippen LogP contribution is -2.28. The highest BCUT2D eigenvalue weighted by Gasteiger charge is 2.25. The third-order valence-corrected chi connectivity index (χ3v) is 3.94. The van der Waals surface area contributed by atoms with Gasteiger partial charge in [-0.05, 0) is 37.1 Å². The van der Waals surface area contributed by atoms with Crippen molar-refractivity contribution in [3.05, 3.63) is 63.7 Å². The van der Waals surface area contributed by atoms with Crippen molar-refractivity contribution in [1.82, 2.24) is 5.32 Å². The van der Waals surface area contributed by atoms with E-state index in [9.17, 15) is 23.7 Å². The molecule has 2 aromatic carbocycles. The minimum Gasteiger partial charge on any atom is -0.492 e. The molecule has 1 saturated carbocycles. The van der Waals surface area contributed by atoms with E-state index in [1.165, 1.54) is 24.3 Å². The van der Waals surface area contributed by atoms with Gasteiger partial charge in [0.15, 0.2) is 11.6 Å². The van der Waals surface area contributed by atoms with Crippen LogP contribution in [0, 0.1) is 21.7 Å². The second kappa shape index (κ2) is 7.98. The monoisotopic (exact) mass is 377 g/mol. The van der Waals surface area contributed by atoms with E-state index >= 15 is 0 Å². The minimum atomic E-state index is -1.02. The average molecular weight is 377 g/mol. The number of hydrogen-bond acceptors (Lipinski definition) is 5. The van der Waals surface area contributed by atoms with E-state index in [1.54, 1.807) is 0 Å². The maximum atomic E-state index is 13.1. The van der Waals surface area contributed by atoms with Crippen LogP contribution >= 0.6 is 0 Å². The second-order valence-electron chi connectivity index (χ2n) is 6.09. The van der Waals surface area contributed by atoms with Gasteiger partial charge >= 0.3 is 0 Å². The molecule has 0 unspecified atom stereocenters. The number of nitrogens with one attached hydrogen (secondary N) is 2. The number of nitro groups is 1. The molecule has 1 amide bonds. The van der Waals surface area contributed by atoms with Gasteiger partial charge in [-0.2, -0.15) is 0 Å². The molecule has 2 aromatic rings. The maximum absolute atomic E-state index is 13.1. The van der Waals surface area contributed by atoms with Gasteiger partial charge in [-0.3, -0.25) is 14.9 Å². The van der Waals surface area contributed by atoms with Crippen LogP contribution in [0.1, 0.15) is 23.2 Å². The van der Waals surface area contributed by atoms with Crippen LogP contribution in [0.3, 0.4) is 0 Å². The van der Waals surface area contributed by atoms with Crippen LogP contribution in [-0.4, -0.2) is 30.0 Å². The topological polar surface area (TPSA) is 93.5 Å². The van der Waals surface area contributed by atoms with Crippen molar-refractivity contribution in [2.24, 2.45) is 0 Å². The van der Waals surface area contributed by atoms with Gasteiger partial charge in [-0.15, -0.1) is 0 Å². The highest BCUT2D eigenvalue weighted by atomic mass is 19.2. The first kappa shape index (κ1) is 18.6. The molecule has 1 aliphatic rings. The number of ether oxygens (including phenoxy) is 1. The highest BCUT2D eigenvalue weighted by Crippen LogP contribution is 2.31. The fraction of sp³-hybridized carbons (Fsp3) is 0.278. The molecule has 27 heavy (non-hydrogen) atoms. The molecule has 0 aliphatic heterocycles. The fourth-order valence-corrected chi connectivity index (χ4v) is 2.40. The normalized spacial score (nSPS) is 13.1. The van der Waals surface area contributed by atoms with Gasteiger partial charge in [0.25, 0.3) is 11.6 Å². The van der Waals surface area contributed by atoms with Gasteiger partial charge in [-0.1, -0.05) is 0 Å². The number of nitro benzene ring substituents is 1. The summed E-state index contributed by atoms with van der Waals surface area (Å²) in [6.07, 6.45) is 1.94. The minimum absolute atomic E-state index is 0.0280. The summed E-state index contributed by atoms with van der Waals surface area (Å²) >= 11 is 0. The SMILES string of the molecule is O=C(NCCOc1ccc(F)c(F)c1)c1ccc(NC2CC2)c([N+](=O)[O-])c1. The zero-order chi connectivity index (χ0) is 19.4. The molecule has 3 rings (SSSR count). The Labute approximate surface area is 153 Å². The smallest absolute Gasteiger partial charge is 0.293 e. The number of carbonyl (C=O) groups is 1. The van der Waals surface area contributed by atoms with Crippen molar-refractivity contribution in [1.29, 1.82) is 0 Å². The number of nitrogens with zero attached hydrogens (tertiary/aromatic N) is 1. The summed E-state index contributed by atoms with van der Waals surface area (Å²) in [4.78, 5) is 22.8. The van der Waals surface area contributed by atoms with Gasteiger partial charge in [-0.25, -0.2) is 8.78 Å². The van der Waals surface area contributed by atoms with Crippen LogP contribution in [0.4, 0.5) is 20.2 Å². The highest BCUT2D eigenvalue weighted by molar-refractivity contribution is 5.95. The predicted molar refractivity (Wildman–Crippen MR) is 93.9 cm³/mol. The van der Waals surface area contributed by atoms with E-state index < -0.39 is 22.5 Å². The number of amides is 1. The zero-order valence-corrected chi connectivity index (χ0v) is 14.2. The quantitative estimate of drug-likeness (QED) is 0.418. The van der Waals surface area contributed by atoms with Gasteiger partial charge in [0.1, 0.15) is 18.0 Å². The first-order valence-electron chi connectivity index (χ1n) is 8.35. The van der Waals surface area contributed by atoms with Gasteiger partial charge < -0.3 is 15.4 Å². The fourth-order valence-electron chi connectivity index (χ4n) is 2.40. The van der Waals surface area contributed by atoms with E-state index in [1.807, 2.05) is 0 Å². The van der Waals surface area contributed by atoms with Crippen LogP contribution in [0.2, 0.25) is 0 Å². The van der Waals surface area contributed by atoms with Crippen LogP contribution in [0.25, 0.3) is 0 Å². The van der Waals surface area contributed by atoms with Crippen molar-refractivity contribution in [3.63, 3.8) is 0 Å². The number of halogens is 2. The van der Waals surface area contributed by atoms with Crippen LogP contribution in [0.15, 0.2) is 36.4 Å². The number of benzene rings is 2. The van der Waals surface area contributed by atoms with Gasteiger partial charge in [0.2, 0.25) is 0 Å². The van der Waals surface area contributed by atoms with E-state index in [0.29, 0.717) is 5.69 Å². The van der Waals surface area contributed by atoms with Crippen molar-refractivity contribution < 1.29 is 23.2 Å². The third kappa shape index (κ3) is 4.90. The van der Waals surface area contributed by atoms with Crippen LogP contribution in [-0.2, 0) is 0 Å². The molecule has 0 heterocycles. The summed E-state index contributed by atoms with van der Waals surface area (Å²) < 4.78 is 31.1. The third-order valence-electron chi connectivity index (χ3n) is 3.94. The Bertz CT molecular complexity index is 872. The number of carbonyl (C=O) groups excluding carboxylic acids is 1. The molecule has 142 valence electrons. The maximum Gasteiger partial charge on any atom is 0.293 e. The first-order chi connectivity index (χ1) is 12.9. The Morgan fingerprint density at radius 3 is 2.63 bits per heavy atom. The molecule has 1 fully saturated rings. The van der Waals surface area contributed by atoms with E-state index in [2.05, 4.69) is 10.6 Å². The van der Waals surface area contributed by atoms with Crippen molar-refractivity contribution >= 4 is 17.3 Å². The molecule has 1 aliphatic carbocycles. The second-order valence-corrected chi connectivity index (χ2v) is 6.09.